The van der Waals surface area contributed by atoms with E-state index in [1.54, 1.807) is 0 Å². The van der Waals surface area contributed by atoms with E-state index in [-0.39, 0.29) is 32.3 Å². The van der Waals surface area contributed by atoms with Crippen LogP contribution in [0.5, 0.6) is 5.75 Å². The zero-order valence-corrected chi connectivity index (χ0v) is 11.5. The fourth-order valence-corrected chi connectivity index (χ4v) is 1.93. The lowest BCUT2D eigenvalue weighted by Gasteiger charge is -2.09. The Balaban J connectivity index is 2.34. The normalized spacial score (nSPS) is 10.3. The molecule has 5 nitrogen and oxygen atoms in total. The van der Waals surface area contributed by atoms with Gasteiger partial charge in [-0.05, 0) is 18.2 Å². The monoisotopic (exact) mass is 317 g/mol. The van der Waals surface area contributed by atoms with Crippen molar-refractivity contribution in [3.63, 3.8) is 0 Å². The van der Waals surface area contributed by atoms with Crippen LogP contribution in [0.2, 0.25) is 15.3 Å². The number of benzene rings is 1. The number of aromatic hydroxyl groups is 1. The summed E-state index contributed by atoms with van der Waals surface area (Å²) in [4.78, 5) is 19.4. The molecule has 19 heavy (non-hydrogen) atoms. The zero-order chi connectivity index (χ0) is 14.0. The number of anilines is 1. The van der Waals surface area contributed by atoms with Crippen LogP contribution in [0.1, 0.15) is 10.4 Å². The number of hydrogen-bond donors (Lipinski definition) is 2. The summed E-state index contributed by atoms with van der Waals surface area (Å²) < 4.78 is 0. The Morgan fingerprint density at radius 3 is 2.42 bits per heavy atom. The van der Waals surface area contributed by atoms with E-state index in [9.17, 15) is 9.90 Å². The summed E-state index contributed by atoms with van der Waals surface area (Å²) in [5.74, 6) is -0.671. The van der Waals surface area contributed by atoms with E-state index in [1.165, 1.54) is 24.5 Å². The number of phenols is 1. The zero-order valence-electron chi connectivity index (χ0n) is 9.19. The van der Waals surface area contributed by atoms with Crippen LogP contribution in [-0.2, 0) is 0 Å². The summed E-state index contributed by atoms with van der Waals surface area (Å²) in [5, 5.41) is 12.0. The Hall–Kier alpha value is -1.56. The summed E-state index contributed by atoms with van der Waals surface area (Å²) >= 11 is 17.5. The van der Waals surface area contributed by atoms with Crippen molar-refractivity contribution in [2.75, 3.05) is 5.32 Å². The van der Waals surface area contributed by atoms with E-state index in [2.05, 4.69) is 15.3 Å². The molecule has 2 N–H and O–H groups in total. The van der Waals surface area contributed by atoms with Crippen LogP contribution in [0.3, 0.4) is 0 Å². The van der Waals surface area contributed by atoms with Gasteiger partial charge in [-0.15, -0.1) is 0 Å². The van der Waals surface area contributed by atoms with Gasteiger partial charge in [-0.1, -0.05) is 34.8 Å². The minimum absolute atomic E-state index is 0.00428. The van der Waals surface area contributed by atoms with Gasteiger partial charge in [0.05, 0.1) is 10.6 Å². The van der Waals surface area contributed by atoms with Crippen LogP contribution >= 0.6 is 34.8 Å². The van der Waals surface area contributed by atoms with Crippen molar-refractivity contribution in [3.05, 3.63) is 45.4 Å². The minimum Gasteiger partial charge on any atom is -0.508 e. The molecule has 0 atom stereocenters. The van der Waals surface area contributed by atoms with Crippen LogP contribution in [0.15, 0.2) is 24.5 Å². The molecule has 2 rings (SSSR count). The van der Waals surface area contributed by atoms with Crippen LogP contribution in [0.4, 0.5) is 5.69 Å². The quantitative estimate of drug-likeness (QED) is 0.832. The molecular formula is C11H6Cl3N3O2. The molecule has 0 spiro atoms. The van der Waals surface area contributed by atoms with Crippen LogP contribution in [0, 0.1) is 0 Å². The average Bonchev–Trinajstić information content (AvgIpc) is 2.37. The number of nitrogens with one attached hydrogen (secondary N) is 1. The number of carbonyl (C=O) groups is 1. The van der Waals surface area contributed by atoms with Crippen molar-refractivity contribution >= 4 is 46.4 Å². The number of rotatable bonds is 2. The van der Waals surface area contributed by atoms with Gasteiger partial charge in [0.25, 0.3) is 5.91 Å². The largest absolute Gasteiger partial charge is 0.508 e. The second-order valence-corrected chi connectivity index (χ2v) is 4.57. The van der Waals surface area contributed by atoms with Crippen molar-refractivity contribution in [1.29, 1.82) is 0 Å². The molecule has 1 amide bonds. The van der Waals surface area contributed by atoms with E-state index in [1.807, 2.05) is 0 Å². The van der Waals surface area contributed by atoms with Gasteiger partial charge in [0.1, 0.15) is 17.8 Å². The van der Waals surface area contributed by atoms with Crippen molar-refractivity contribution in [1.82, 2.24) is 9.97 Å². The van der Waals surface area contributed by atoms with Gasteiger partial charge in [-0.2, -0.15) is 0 Å². The van der Waals surface area contributed by atoms with Gasteiger partial charge in [0.2, 0.25) is 0 Å². The summed E-state index contributed by atoms with van der Waals surface area (Å²) in [6.07, 6.45) is 1.17. The third-order valence-electron chi connectivity index (χ3n) is 2.19. The first-order chi connectivity index (χ1) is 8.99. The molecule has 0 fully saturated rings. The topological polar surface area (TPSA) is 75.1 Å². The van der Waals surface area contributed by atoms with Crippen LogP contribution in [0.25, 0.3) is 0 Å². The Kier molecular flexibility index (Phi) is 4.09. The molecule has 98 valence electrons. The molecule has 0 radical (unpaired) electrons. The van der Waals surface area contributed by atoms with Gasteiger partial charge in [0.15, 0.2) is 10.3 Å². The number of hydrogen-bond acceptors (Lipinski definition) is 4. The molecule has 0 bridgehead atoms. The number of halogens is 3. The van der Waals surface area contributed by atoms with Crippen molar-refractivity contribution in [2.24, 2.45) is 0 Å². The predicted octanol–water partition coefficient (Wildman–Crippen LogP) is 3.39. The lowest BCUT2D eigenvalue weighted by atomic mass is 10.2. The van der Waals surface area contributed by atoms with E-state index in [0.717, 1.165) is 0 Å². The minimum atomic E-state index is -0.584. The molecule has 0 aliphatic rings. The molecule has 0 saturated carbocycles. The molecule has 0 aliphatic heterocycles. The standard InChI is InChI=1S/C11H6Cl3N3O2/c12-7-2-1-5(18)3-6(7)11(19)17-8-9(13)15-4-16-10(8)14/h1-4,18H,(H,17,19). The summed E-state index contributed by atoms with van der Waals surface area (Å²) in [6.45, 7) is 0. The third-order valence-corrected chi connectivity index (χ3v) is 3.09. The van der Waals surface area contributed by atoms with Crippen LogP contribution < -0.4 is 5.32 Å². The van der Waals surface area contributed by atoms with Crippen molar-refractivity contribution in [2.45, 2.75) is 0 Å². The van der Waals surface area contributed by atoms with Crippen molar-refractivity contribution in [3.8, 4) is 5.75 Å². The first-order valence-electron chi connectivity index (χ1n) is 4.95. The molecule has 0 unspecified atom stereocenters. The highest BCUT2D eigenvalue weighted by atomic mass is 35.5. The van der Waals surface area contributed by atoms with Gasteiger partial charge >= 0.3 is 0 Å². The number of nitrogens with zero attached hydrogens (tertiary/aromatic N) is 2. The Labute approximate surface area is 123 Å². The maximum Gasteiger partial charge on any atom is 0.257 e. The second kappa shape index (κ2) is 5.61. The average molecular weight is 319 g/mol. The third kappa shape index (κ3) is 3.07. The smallest absolute Gasteiger partial charge is 0.257 e. The maximum absolute atomic E-state index is 12.0. The first-order valence-corrected chi connectivity index (χ1v) is 6.08. The fraction of sp³-hybridized carbons (Fsp3) is 0. The SMILES string of the molecule is O=C(Nc1c(Cl)ncnc1Cl)c1cc(O)ccc1Cl. The van der Waals surface area contributed by atoms with Gasteiger partial charge < -0.3 is 10.4 Å². The highest BCUT2D eigenvalue weighted by Gasteiger charge is 2.16. The Morgan fingerprint density at radius 2 is 1.79 bits per heavy atom. The van der Waals surface area contributed by atoms with Crippen molar-refractivity contribution < 1.29 is 9.90 Å². The van der Waals surface area contributed by atoms with Gasteiger partial charge in [-0.25, -0.2) is 9.97 Å². The molecule has 1 aromatic heterocycles. The lowest BCUT2D eigenvalue weighted by molar-refractivity contribution is 0.102. The highest BCUT2D eigenvalue weighted by molar-refractivity contribution is 6.39. The van der Waals surface area contributed by atoms with E-state index in [4.69, 9.17) is 34.8 Å². The van der Waals surface area contributed by atoms with Crippen LogP contribution in [-0.4, -0.2) is 21.0 Å². The van der Waals surface area contributed by atoms with Gasteiger partial charge in [-0.3, -0.25) is 4.79 Å². The highest BCUT2D eigenvalue weighted by Crippen LogP contribution is 2.28. The van der Waals surface area contributed by atoms with E-state index >= 15 is 0 Å². The molecule has 1 aromatic carbocycles. The molecule has 0 aliphatic carbocycles. The predicted molar refractivity (Wildman–Crippen MR) is 73.1 cm³/mol. The second-order valence-electron chi connectivity index (χ2n) is 3.45. The molecule has 1 heterocycles. The number of carbonyl (C=O) groups excluding carboxylic acids is 1. The number of amides is 1. The first kappa shape index (κ1) is 13.9. The lowest BCUT2D eigenvalue weighted by Crippen LogP contribution is -2.13. The van der Waals surface area contributed by atoms with E-state index < -0.39 is 5.91 Å². The van der Waals surface area contributed by atoms with Gasteiger partial charge in [0, 0.05) is 0 Å². The number of aromatic nitrogens is 2. The Morgan fingerprint density at radius 1 is 1.16 bits per heavy atom. The molecular weight excluding hydrogens is 312 g/mol. The molecule has 8 heteroatoms. The van der Waals surface area contributed by atoms with E-state index in [0.29, 0.717) is 0 Å². The number of phenolic OH excluding ortho intramolecular Hbond substituents is 1. The Bertz CT molecular complexity index is 629. The summed E-state index contributed by atoms with van der Waals surface area (Å²) in [5.41, 5.74) is 0.160. The maximum atomic E-state index is 12.0. The summed E-state index contributed by atoms with van der Waals surface area (Å²) in [6, 6.07) is 3.99. The molecule has 0 saturated heterocycles. The fourth-order valence-electron chi connectivity index (χ4n) is 1.32. The molecule has 2 aromatic rings. The summed E-state index contributed by atoms with van der Waals surface area (Å²) in [7, 11) is 0.